The summed E-state index contributed by atoms with van der Waals surface area (Å²) in [5, 5.41) is 11.5. The van der Waals surface area contributed by atoms with E-state index in [9.17, 15) is 4.79 Å². The van der Waals surface area contributed by atoms with Gasteiger partial charge in [-0.2, -0.15) is 0 Å². The zero-order chi connectivity index (χ0) is 16.9. The van der Waals surface area contributed by atoms with E-state index in [1.165, 1.54) is 0 Å². The molecule has 7 heteroatoms. The molecule has 1 aromatic heterocycles. The molecule has 24 heavy (non-hydrogen) atoms. The van der Waals surface area contributed by atoms with Crippen LogP contribution in [0.5, 0.6) is 5.75 Å². The van der Waals surface area contributed by atoms with Crippen LogP contribution in [-0.4, -0.2) is 53.0 Å². The third kappa shape index (κ3) is 3.56. The molecule has 7 nitrogen and oxygen atoms in total. The Bertz CT molecular complexity index is 694. The van der Waals surface area contributed by atoms with E-state index in [0.29, 0.717) is 18.3 Å². The fourth-order valence-corrected chi connectivity index (χ4v) is 2.98. The molecule has 1 saturated heterocycles. The molecule has 1 aromatic carbocycles. The van der Waals surface area contributed by atoms with Crippen LogP contribution in [0.1, 0.15) is 34.9 Å². The quantitative estimate of drug-likeness (QED) is 0.900. The monoisotopic (exact) mass is 329 g/mol. The van der Waals surface area contributed by atoms with Crippen LogP contribution in [0.3, 0.4) is 0 Å². The van der Waals surface area contributed by atoms with Crippen LogP contribution < -0.4 is 10.1 Å². The van der Waals surface area contributed by atoms with Gasteiger partial charge in [-0.15, -0.1) is 5.10 Å². The van der Waals surface area contributed by atoms with Gasteiger partial charge in [0.1, 0.15) is 5.75 Å². The number of carbonyl (C=O) groups excluding carboxylic acids is 1. The second kappa shape index (κ2) is 7.44. The lowest BCUT2D eigenvalue weighted by Crippen LogP contribution is -2.29. The smallest absolute Gasteiger partial charge is 0.276 e. The van der Waals surface area contributed by atoms with E-state index in [1.807, 2.05) is 28.9 Å². The molecule has 1 N–H and O–H groups in total. The molecule has 0 saturated carbocycles. The van der Waals surface area contributed by atoms with Crippen molar-refractivity contribution in [3.05, 3.63) is 41.7 Å². The number of para-hydroxylation sites is 1. The minimum absolute atomic E-state index is 0.138. The summed E-state index contributed by atoms with van der Waals surface area (Å²) in [6.45, 7) is 2.41. The molecule has 0 atom stereocenters. The van der Waals surface area contributed by atoms with Crippen LogP contribution in [0.4, 0.5) is 0 Å². The molecule has 128 valence electrons. The lowest BCUT2D eigenvalue weighted by Gasteiger charge is -2.22. The number of carbonyl (C=O) groups is 1. The second-order valence-corrected chi connectivity index (χ2v) is 6.04. The van der Waals surface area contributed by atoms with Crippen molar-refractivity contribution >= 4 is 5.91 Å². The predicted molar refractivity (Wildman–Crippen MR) is 90.0 cm³/mol. The van der Waals surface area contributed by atoms with Gasteiger partial charge >= 0.3 is 0 Å². The molecule has 3 rings (SSSR count). The van der Waals surface area contributed by atoms with Crippen LogP contribution in [0, 0.1) is 0 Å². The Labute approximate surface area is 141 Å². The second-order valence-electron chi connectivity index (χ2n) is 6.04. The molecule has 2 aromatic rings. The van der Waals surface area contributed by atoms with E-state index in [1.54, 1.807) is 25.3 Å². The summed E-state index contributed by atoms with van der Waals surface area (Å²) in [4.78, 5) is 14.2. The average molecular weight is 329 g/mol. The first-order valence-electron chi connectivity index (χ1n) is 8.19. The van der Waals surface area contributed by atoms with Gasteiger partial charge in [0.2, 0.25) is 0 Å². The van der Waals surface area contributed by atoms with Crippen LogP contribution in [0.15, 0.2) is 30.5 Å². The molecule has 1 amide bonds. The van der Waals surface area contributed by atoms with Crippen molar-refractivity contribution in [2.45, 2.75) is 25.4 Å². The van der Waals surface area contributed by atoms with Gasteiger partial charge in [0, 0.05) is 19.2 Å². The summed E-state index contributed by atoms with van der Waals surface area (Å²) in [7, 11) is 3.39. The van der Waals surface area contributed by atoms with Crippen molar-refractivity contribution in [3.63, 3.8) is 0 Å². The Kier molecular flexibility index (Phi) is 5.10. The van der Waals surface area contributed by atoms with Crippen LogP contribution >= 0.6 is 0 Å². The number of piperidine rings is 1. The van der Waals surface area contributed by atoms with E-state index in [4.69, 9.17) is 4.74 Å². The highest BCUT2D eigenvalue weighted by Gasteiger charge is 2.21. The first-order valence-corrected chi connectivity index (χ1v) is 8.19. The minimum atomic E-state index is -0.138. The zero-order valence-electron chi connectivity index (χ0n) is 14.1. The first-order chi connectivity index (χ1) is 11.7. The lowest BCUT2D eigenvalue weighted by molar-refractivity contribution is 0.0778. The molecule has 0 unspecified atom stereocenters. The van der Waals surface area contributed by atoms with Gasteiger partial charge in [-0.1, -0.05) is 23.4 Å². The largest absolute Gasteiger partial charge is 0.496 e. The Hall–Kier alpha value is -2.41. The fourth-order valence-electron chi connectivity index (χ4n) is 2.98. The molecular weight excluding hydrogens is 306 g/mol. The number of benzene rings is 1. The van der Waals surface area contributed by atoms with E-state index < -0.39 is 0 Å². The maximum absolute atomic E-state index is 12.6. The van der Waals surface area contributed by atoms with Crippen molar-refractivity contribution < 1.29 is 9.53 Å². The van der Waals surface area contributed by atoms with Crippen LogP contribution in [0.25, 0.3) is 0 Å². The lowest BCUT2D eigenvalue weighted by atomic mass is 10.1. The maximum atomic E-state index is 12.6. The van der Waals surface area contributed by atoms with Gasteiger partial charge in [0.25, 0.3) is 5.91 Å². The summed E-state index contributed by atoms with van der Waals surface area (Å²) in [5.74, 6) is 0.636. The Morgan fingerprint density at radius 2 is 2.12 bits per heavy atom. The number of aromatic nitrogens is 3. The highest BCUT2D eigenvalue weighted by Crippen LogP contribution is 2.20. The molecule has 0 spiro atoms. The summed E-state index contributed by atoms with van der Waals surface area (Å²) < 4.78 is 7.16. The number of nitrogens with one attached hydrogen (secondary N) is 1. The topological polar surface area (TPSA) is 72.3 Å². The predicted octanol–water partition coefficient (Wildman–Crippen LogP) is 1.48. The molecule has 0 radical (unpaired) electrons. The summed E-state index contributed by atoms with van der Waals surface area (Å²) >= 11 is 0. The van der Waals surface area contributed by atoms with E-state index in [-0.39, 0.29) is 5.91 Å². The van der Waals surface area contributed by atoms with Gasteiger partial charge < -0.3 is 15.0 Å². The van der Waals surface area contributed by atoms with E-state index in [2.05, 4.69) is 15.6 Å². The van der Waals surface area contributed by atoms with Gasteiger partial charge in [-0.3, -0.25) is 4.79 Å². The number of amides is 1. The number of hydrogen-bond acceptors (Lipinski definition) is 5. The summed E-state index contributed by atoms with van der Waals surface area (Å²) in [6, 6.07) is 8.01. The molecule has 1 fully saturated rings. The number of methoxy groups -OCH3 is 1. The van der Waals surface area contributed by atoms with Crippen LogP contribution in [0.2, 0.25) is 0 Å². The molecule has 2 heterocycles. The van der Waals surface area contributed by atoms with Crippen molar-refractivity contribution in [2.75, 3.05) is 27.2 Å². The molecule has 1 aliphatic rings. The third-order valence-electron chi connectivity index (χ3n) is 4.36. The Balaban J connectivity index is 1.68. The van der Waals surface area contributed by atoms with Gasteiger partial charge in [-0.25, -0.2) is 4.68 Å². The molecule has 0 aliphatic carbocycles. The van der Waals surface area contributed by atoms with Gasteiger partial charge in [0.05, 0.1) is 19.3 Å². The first kappa shape index (κ1) is 16.4. The van der Waals surface area contributed by atoms with Crippen LogP contribution in [-0.2, 0) is 6.54 Å². The number of rotatable bonds is 5. The number of hydrogen-bond donors (Lipinski definition) is 1. The van der Waals surface area contributed by atoms with Crippen molar-refractivity contribution in [1.82, 2.24) is 25.2 Å². The van der Waals surface area contributed by atoms with Gasteiger partial charge in [0.15, 0.2) is 5.69 Å². The SMILES string of the molecule is COc1ccccc1CN(C)C(=O)c1cn(C2CCNCC2)nn1. The normalized spacial score (nSPS) is 15.2. The zero-order valence-corrected chi connectivity index (χ0v) is 14.1. The standard InChI is InChI=1S/C17H23N5O2/c1-21(11-13-5-3-4-6-16(13)24-2)17(23)15-12-22(20-19-15)14-7-9-18-10-8-14/h3-6,12,14,18H,7-11H2,1-2H3. The van der Waals surface area contributed by atoms with Gasteiger partial charge in [-0.05, 0) is 32.0 Å². The van der Waals surface area contributed by atoms with Crippen molar-refractivity contribution in [2.24, 2.45) is 0 Å². The Morgan fingerprint density at radius 1 is 1.38 bits per heavy atom. The van der Waals surface area contributed by atoms with E-state index >= 15 is 0 Å². The average Bonchev–Trinajstić information content (AvgIpc) is 3.12. The third-order valence-corrected chi connectivity index (χ3v) is 4.36. The number of ether oxygens (including phenoxy) is 1. The molecular formula is C17H23N5O2. The molecule has 0 bridgehead atoms. The number of nitrogens with zero attached hydrogens (tertiary/aromatic N) is 4. The highest BCUT2D eigenvalue weighted by atomic mass is 16.5. The minimum Gasteiger partial charge on any atom is -0.496 e. The maximum Gasteiger partial charge on any atom is 0.276 e. The molecule has 1 aliphatic heterocycles. The highest BCUT2D eigenvalue weighted by molar-refractivity contribution is 5.91. The Morgan fingerprint density at radius 3 is 2.88 bits per heavy atom. The van der Waals surface area contributed by atoms with Crippen molar-refractivity contribution in [3.8, 4) is 5.75 Å². The van der Waals surface area contributed by atoms with E-state index in [0.717, 1.165) is 37.2 Å². The van der Waals surface area contributed by atoms with Crippen molar-refractivity contribution in [1.29, 1.82) is 0 Å². The summed E-state index contributed by atoms with van der Waals surface area (Å²) in [6.07, 6.45) is 3.78. The fraction of sp³-hybridized carbons (Fsp3) is 0.471. The summed E-state index contributed by atoms with van der Waals surface area (Å²) in [5.41, 5.74) is 1.34.